The molecule has 1 aromatic carbocycles. The zero-order valence-corrected chi connectivity index (χ0v) is 15.5. The summed E-state index contributed by atoms with van der Waals surface area (Å²) in [5.74, 6) is -0.749. The number of carbonyl (C=O) groups excluding carboxylic acids is 1. The number of rotatable bonds is 10. The van der Waals surface area contributed by atoms with Crippen LogP contribution in [-0.4, -0.2) is 24.3 Å². The van der Waals surface area contributed by atoms with Crippen LogP contribution >= 0.6 is 0 Å². The molecule has 0 heterocycles. The van der Waals surface area contributed by atoms with Crippen molar-refractivity contribution in [2.75, 3.05) is 7.11 Å². The Kier molecular flexibility index (Phi) is 8.20. The van der Waals surface area contributed by atoms with E-state index in [1.54, 1.807) is 0 Å². The van der Waals surface area contributed by atoms with Gasteiger partial charge in [0.2, 0.25) is 0 Å². The normalized spacial score (nSPS) is 15.4. The van der Waals surface area contributed by atoms with Gasteiger partial charge in [-0.3, -0.25) is 4.79 Å². The molecule has 0 aliphatic heterocycles. The van der Waals surface area contributed by atoms with Crippen molar-refractivity contribution in [3.63, 3.8) is 0 Å². The minimum Gasteiger partial charge on any atom is -0.469 e. The highest BCUT2D eigenvalue weighted by molar-refractivity contribution is 5.73. The first-order valence-electron chi connectivity index (χ1n) is 8.78. The molecule has 3 nitrogen and oxygen atoms in total. The van der Waals surface area contributed by atoms with Crippen molar-refractivity contribution in [1.29, 1.82) is 0 Å². The van der Waals surface area contributed by atoms with Crippen LogP contribution in [0.1, 0.15) is 45.6 Å². The number of ether oxygens (including phenoxy) is 1. The van der Waals surface area contributed by atoms with Gasteiger partial charge in [0.05, 0.1) is 19.1 Å². The van der Waals surface area contributed by atoms with E-state index in [0.29, 0.717) is 6.42 Å². The molecule has 0 bridgehead atoms. The predicted molar refractivity (Wildman–Crippen MR) is 98.7 cm³/mol. The van der Waals surface area contributed by atoms with Crippen LogP contribution in [0.3, 0.4) is 0 Å². The summed E-state index contributed by atoms with van der Waals surface area (Å²) in [7, 11) is 1.39. The number of methoxy groups -OCH3 is 1. The molecule has 1 aromatic rings. The number of hydrogen-bond acceptors (Lipinski definition) is 3. The summed E-state index contributed by atoms with van der Waals surface area (Å²) >= 11 is 0. The third-order valence-electron chi connectivity index (χ3n) is 4.83. The molecule has 0 aromatic heterocycles. The first kappa shape index (κ1) is 20.4. The molecule has 134 valence electrons. The number of esters is 1. The second-order valence-corrected chi connectivity index (χ2v) is 7.21. The zero-order valence-electron chi connectivity index (χ0n) is 15.5. The summed E-state index contributed by atoms with van der Waals surface area (Å²) in [6, 6.07) is 10.0. The van der Waals surface area contributed by atoms with Gasteiger partial charge in [-0.25, -0.2) is 0 Å². The Bertz CT molecular complexity index is 507. The molecular formula is C21H32O3. The van der Waals surface area contributed by atoms with Gasteiger partial charge in [-0.1, -0.05) is 63.6 Å². The van der Waals surface area contributed by atoms with Gasteiger partial charge in [-0.2, -0.15) is 0 Å². The lowest BCUT2D eigenvalue weighted by Gasteiger charge is -2.33. The third-order valence-corrected chi connectivity index (χ3v) is 4.83. The monoisotopic (exact) mass is 332 g/mol. The summed E-state index contributed by atoms with van der Waals surface area (Å²) in [6.07, 6.45) is 4.13. The Hall–Kier alpha value is -1.61. The maximum atomic E-state index is 12.3. The first-order chi connectivity index (χ1) is 11.3. The van der Waals surface area contributed by atoms with Crippen LogP contribution < -0.4 is 0 Å². The van der Waals surface area contributed by atoms with Crippen LogP contribution in [0, 0.1) is 17.3 Å². The molecular weight excluding hydrogens is 300 g/mol. The molecule has 0 amide bonds. The maximum Gasteiger partial charge on any atom is 0.311 e. The van der Waals surface area contributed by atoms with Crippen molar-refractivity contribution in [3.8, 4) is 0 Å². The third kappa shape index (κ3) is 6.12. The van der Waals surface area contributed by atoms with E-state index in [4.69, 9.17) is 4.74 Å². The molecule has 0 radical (unpaired) electrons. The predicted octanol–water partition coefficient (Wildman–Crippen LogP) is 4.40. The second kappa shape index (κ2) is 9.63. The van der Waals surface area contributed by atoms with Crippen molar-refractivity contribution in [2.24, 2.45) is 17.3 Å². The smallest absolute Gasteiger partial charge is 0.311 e. The summed E-state index contributed by atoms with van der Waals surface area (Å²) in [5, 5.41) is 10.7. The van der Waals surface area contributed by atoms with Gasteiger partial charge in [-0.05, 0) is 36.2 Å². The van der Waals surface area contributed by atoms with Gasteiger partial charge in [0.25, 0.3) is 0 Å². The minimum absolute atomic E-state index is 0.0659. The molecule has 0 saturated carbocycles. The minimum atomic E-state index is -0.705. The standard InChI is InChI=1S/C21H32O3/c1-6-17(15-21(3,4)7-2)19(20(23)24-5)18(22)14-13-16-11-9-8-10-12-16/h7-12,17-19,22H,2,6,13-15H2,1,3-5H3. The molecule has 24 heavy (non-hydrogen) atoms. The number of benzene rings is 1. The second-order valence-electron chi connectivity index (χ2n) is 7.21. The van der Waals surface area contributed by atoms with E-state index in [-0.39, 0.29) is 17.3 Å². The van der Waals surface area contributed by atoms with Crippen LogP contribution in [-0.2, 0) is 16.0 Å². The SMILES string of the molecule is C=CC(C)(C)CC(CC)C(C(=O)OC)C(O)CCc1ccccc1. The van der Waals surface area contributed by atoms with Crippen molar-refractivity contribution < 1.29 is 14.6 Å². The van der Waals surface area contributed by atoms with E-state index in [0.717, 1.165) is 19.3 Å². The molecule has 3 atom stereocenters. The van der Waals surface area contributed by atoms with E-state index in [1.165, 1.54) is 12.7 Å². The molecule has 3 unspecified atom stereocenters. The fourth-order valence-electron chi connectivity index (χ4n) is 3.22. The van der Waals surface area contributed by atoms with Crippen molar-refractivity contribution in [2.45, 2.75) is 52.6 Å². The number of carbonyl (C=O) groups is 1. The zero-order chi connectivity index (χ0) is 18.2. The highest BCUT2D eigenvalue weighted by Crippen LogP contribution is 2.35. The average Bonchev–Trinajstić information content (AvgIpc) is 2.59. The maximum absolute atomic E-state index is 12.3. The van der Waals surface area contributed by atoms with Gasteiger partial charge >= 0.3 is 5.97 Å². The van der Waals surface area contributed by atoms with E-state index in [2.05, 4.69) is 27.4 Å². The fraction of sp³-hybridized carbons (Fsp3) is 0.571. The van der Waals surface area contributed by atoms with Crippen LogP contribution in [0.4, 0.5) is 0 Å². The summed E-state index contributed by atoms with van der Waals surface area (Å²) in [6.45, 7) is 10.2. The van der Waals surface area contributed by atoms with Gasteiger partial charge < -0.3 is 9.84 Å². The Balaban J connectivity index is 2.85. The number of hydrogen-bond donors (Lipinski definition) is 1. The molecule has 3 heteroatoms. The van der Waals surface area contributed by atoms with Crippen LogP contribution in [0.25, 0.3) is 0 Å². The van der Waals surface area contributed by atoms with Crippen molar-refractivity contribution in [1.82, 2.24) is 0 Å². The van der Waals surface area contributed by atoms with E-state index in [9.17, 15) is 9.90 Å². The molecule has 1 rings (SSSR count). The summed E-state index contributed by atoms with van der Waals surface area (Å²) in [4.78, 5) is 12.3. The Morgan fingerprint density at radius 2 is 1.96 bits per heavy atom. The van der Waals surface area contributed by atoms with Gasteiger partial charge in [0.15, 0.2) is 0 Å². The topological polar surface area (TPSA) is 46.5 Å². The summed E-state index contributed by atoms with van der Waals surface area (Å²) in [5.41, 5.74) is 1.09. The quantitative estimate of drug-likeness (QED) is 0.510. The van der Waals surface area contributed by atoms with Crippen LogP contribution in [0.2, 0.25) is 0 Å². The highest BCUT2D eigenvalue weighted by Gasteiger charge is 2.36. The lowest BCUT2D eigenvalue weighted by Crippen LogP contribution is -2.37. The molecule has 0 spiro atoms. The van der Waals surface area contributed by atoms with Gasteiger partial charge in [0.1, 0.15) is 0 Å². The molecule has 0 saturated heterocycles. The largest absolute Gasteiger partial charge is 0.469 e. The molecule has 0 fully saturated rings. The van der Waals surface area contributed by atoms with E-state index >= 15 is 0 Å². The number of allylic oxidation sites excluding steroid dienone is 1. The Morgan fingerprint density at radius 3 is 2.46 bits per heavy atom. The molecule has 1 N–H and O–H groups in total. The van der Waals surface area contributed by atoms with E-state index in [1.807, 2.05) is 36.4 Å². The van der Waals surface area contributed by atoms with E-state index < -0.39 is 12.0 Å². The van der Waals surface area contributed by atoms with Gasteiger partial charge in [-0.15, -0.1) is 6.58 Å². The number of aliphatic hydroxyl groups is 1. The highest BCUT2D eigenvalue weighted by atomic mass is 16.5. The van der Waals surface area contributed by atoms with Gasteiger partial charge in [0, 0.05) is 0 Å². The van der Waals surface area contributed by atoms with Crippen molar-refractivity contribution in [3.05, 3.63) is 48.6 Å². The summed E-state index contributed by atoms with van der Waals surface area (Å²) < 4.78 is 4.99. The van der Waals surface area contributed by atoms with Crippen LogP contribution in [0.5, 0.6) is 0 Å². The fourth-order valence-corrected chi connectivity index (χ4v) is 3.22. The number of aliphatic hydroxyl groups excluding tert-OH is 1. The molecule has 0 aliphatic rings. The van der Waals surface area contributed by atoms with Crippen molar-refractivity contribution >= 4 is 5.97 Å². The molecule has 0 aliphatic carbocycles. The lowest BCUT2D eigenvalue weighted by molar-refractivity contribution is -0.153. The Morgan fingerprint density at radius 1 is 1.33 bits per heavy atom. The lowest BCUT2D eigenvalue weighted by atomic mass is 9.73. The first-order valence-corrected chi connectivity index (χ1v) is 8.78. The average molecular weight is 332 g/mol. The van der Waals surface area contributed by atoms with Crippen LogP contribution in [0.15, 0.2) is 43.0 Å². The number of aryl methyl sites for hydroxylation is 1. The Labute approximate surface area is 146 Å².